The number of hydrogen-bond acceptors (Lipinski definition) is 4. The van der Waals surface area contributed by atoms with Gasteiger partial charge in [0, 0.05) is 24.6 Å². The fraction of sp³-hybridized carbons (Fsp3) is 0.312. The summed E-state index contributed by atoms with van der Waals surface area (Å²) in [4.78, 5) is 15.9. The molecule has 0 aliphatic heterocycles. The Bertz CT molecular complexity index is 874. The van der Waals surface area contributed by atoms with Crippen LogP contribution in [-0.4, -0.2) is 26.1 Å². The maximum Gasteiger partial charge on any atom is 0.347 e. The number of nitrogens with zero attached hydrogens (tertiary/aromatic N) is 3. The molecule has 0 aliphatic carbocycles. The third kappa shape index (κ3) is 4.07. The van der Waals surface area contributed by atoms with E-state index in [1.54, 1.807) is 12.3 Å². The van der Waals surface area contributed by atoms with Crippen molar-refractivity contribution in [2.24, 2.45) is 0 Å². The molecule has 0 saturated heterocycles. The van der Waals surface area contributed by atoms with E-state index >= 15 is 0 Å². The average molecular weight is 368 g/mol. The van der Waals surface area contributed by atoms with Crippen molar-refractivity contribution in [2.45, 2.75) is 26.2 Å². The summed E-state index contributed by atoms with van der Waals surface area (Å²) in [7, 11) is 0. The van der Waals surface area contributed by atoms with Gasteiger partial charge in [-0.05, 0) is 43.0 Å². The van der Waals surface area contributed by atoms with E-state index in [0.717, 1.165) is 37.2 Å². The van der Waals surface area contributed by atoms with E-state index in [1.165, 1.54) is 9.96 Å². The van der Waals surface area contributed by atoms with Crippen molar-refractivity contribution in [1.82, 2.24) is 19.6 Å². The minimum Gasteiger partial charge on any atom is -0.382 e. The van der Waals surface area contributed by atoms with Crippen LogP contribution in [0.25, 0.3) is 5.65 Å². The van der Waals surface area contributed by atoms with Gasteiger partial charge in [-0.3, -0.25) is 4.98 Å². The van der Waals surface area contributed by atoms with E-state index < -0.39 is 0 Å². The Morgan fingerprint density at radius 3 is 3.00 bits per heavy atom. The van der Waals surface area contributed by atoms with E-state index in [0.29, 0.717) is 10.7 Å². The maximum atomic E-state index is 11.6. The predicted octanol–water partition coefficient (Wildman–Crippen LogP) is 3.10. The largest absolute Gasteiger partial charge is 0.382 e. The van der Waals surface area contributed by atoms with Crippen molar-refractivity contribution >= 4 is 35.3 Å². The molecular formula is C16H19Cl2N5O. The van der Waals surface area contributed by atoms with Crippen LogP contribution in [0.15, 0.2) is 35.4 Å². The number of aryl methyl sites for hydroxylation is 2. The molecule has 3 aromatic heterocycles. The molecule has 128 valence electrons. The molecule has 3 heterocycles. The lowest BCUT2D eigenvalue weighted by Gasteiger charge is -2.08. The van der Waals surface area contributed by atoms with Crippen LogP contribution in [0.2, 0.25) is 5.02 Å². The van der Waals surface area contributed by atoms with E-state index in [-0.39, 0.29) is 18.1 Å². The third-order valence-corrected chi connectivity index (χ3v) is 3.89. The van der Waals surface area contributed by atoms with Gasteiger partial charge in [0.05, 0.1) is 10.7 Å². The molecule has 2 N–H and O–H groups in total. The van der Waals surface area contributed by atoms with Crippen molar-refractivity contribution in [1.29, 1.82) is 0 Å². The summed E-state index contributed by atoms with van der Waals surface area (Å²) in [6, 6.07) is 5.97. The van der Waals surface area contributed by atoms with Gasteiger partial charge in [0.15, 0.2) is 5.65 Å². The van der Waals surface area contributed by atoms with Crippen molar-refractivity contribution < 1.29 is 0 Å². The van der Waals surface area contributed by atoms with Crippen LogP contribution in [0.4, 0.5) is 5.69 Å². The van der Waals surface area contributed by atoms with Crippen molar-refractivity contribution in [3.05, 3.63) is 57.4 Å². The number of fused-ring (bicyclic) bond motifs is 1. The first-order valence-corrected chi connectivity index (χ1v) is 7.99. The minimum absolute atomic E-state index is 0. The number of anilines is 1. The molecule has 0 spiro atoms. The lowest BCUT2D eigenvalue weighted by atomic mass is 10.1. The topological polar surface area (TPSA) is 75.1 Å². The van der Waals surface area contributed by atoms with Gasteiger partial charge in [0.2, 0.25) is 0 Å². The molecule has 0 atom stereocenters. The van der Waals surface area contributed by atoms with Gasteiger partial charge in [0.1, 0.15) is 0 Å². The number of pyridine rings is 2. The van der Waals surface area contributed by atoms with Crippen LogP contribution in [0.5, 0.6) is 0 Å². The van der Waals surface area contributed by atoms with Crippen LogP contribution in [-0.2, 0) is 12.8 Å². The first kappa shape index (κ1) is 18.3. The summed E-state index contributed by atoms with van der Waals surface area (Å²) in [6.45, 7) is 2.87. The molecule has 8 heteroatoms. The Morgan fingerprint density at radius 1 is 1.38 bits per heavy atom. The molecule has 0 aliphatic rings. The van der Waals surface area contributed by atoms with Gasteiger partial charge in [-0.2, -0.15) is 5.10 Å². The maximum absolute atomic E-state index is 11.6. The van der Waals surface area contributed by atoms with E-state index in [9.17, 15) is 4.79 Å². The van der Waals surface area contributed by atoms with Crippen LogP contribution < -0.4 is 11.0 Å². The Morgan fingerprint density at radius 2 is 2.21 bits per heavy atom. The highest BCUT2D eigenvalue weighted by Gasteiger charge is 2.07. The van der Waals surface area contributed by atoms with Crippen LogP contribution in [0.1, 0.15) is 24.6 Å². The molecule has 24 heavy (non-hydrogen) atoms. The fourth-order valence-electron chi connectivity index (χ4n) is 2.50. The Hall–Kier alpha value is -2.05. The molecule has 0 fully saturated rings. The van der Waals surface area contributed by atoms with Crippen molar-refractivity contribution in [3.8, 4) is 0 Å². The smallest absolute Gasteiger partial charge is 0.347 e. The van der Waals surface area contributed by atoms with Gasteiger partial charge in [0.25, 0.3) is 0 Å². The number of halogens is 2. The van der Waals surface area contributed by atoms with Gasteiger partial charge in [-0.15, -0.1) is 12.4 Å². The highest BCUT2D eigenvalue weighted by atomic mass is 35.5. The molecule has 0 saturated carbocycles. The van der Waals surface area contributed by atoms with Gasteiger partial charge < -0.3 is 5.32 Å². The second-order valence-corrected chi connectivity index (χ2v) is 5.77. The fourth-order valence-corrected chi connectivity index (χ4v) is 2.71. The quantitative estimate of drug-likeness (QED) is 0.656. The number of hydrogen-bond donors (Lipinski definition) is 2. The molecule has 6 nitrogen and oxygen atoms in total. The predicted molar refractivity (Wildman–Crippen MR) is 98.5 cm³/mol. The number of aromatic amines is 1. The van der Waals surface area contributed by atoms with Gasteiger partial charge in [-0.1, -0.05) is 18.5 Å². The summed E-state index contributed by atoms with van der Waals surface area (Å²) >= 11 is 6.05. The van der Waals surface area contributed by atoms with E-state index in [1.807, 2.05) is 12.3 Å². The lowest BCUT2D eigenvalue weighted by molar-refractivity contribution is 0.855. The second-order valence-electron chi connectivity index (χ2n) is 5.33. The zero-order chi connectivity index (χ0) is 16.2. The first-order chi connectivity index (χ1) is 11.2. The summed E-state index contributed by atoms with van der Waals surface area (Å²) in [5, 5.41) is 10.2. The number of aromatic nitrogens is 4. The Labute approximate surface area is 150 Å². The summed E-state index contributed by atoms with van der Waals surface area (Å²) in [6.07, 6.45) is 6.28. The average Bonchev–Trinajstić information content (AvgIpc) is 2.93. The van der Waals surface area contributed by atoms with Crippen molar-refractivity contribution in [3.63, 3.8) is 0 Å². The van der Waals surface area contributed by atoms with Crippen LogP contribution in [0, 0.1) is 0 Å². The molecule has 0 radical (unpaired) electrons. The second kappa shape index (κ2) is 8.17. The monoisotopic (exact) mass is 367 g/mol. The molecule has 0 aromatic carbocycles. The third-order valence-electron chi connectivity index (χ3n) is 3.68. The van der Waals surface area contributed by atoms with E-state index in [2.05, 4.69) is 33.5 Å². The molecule has 0 bridgehead atoms. The van der Waals surface area contributed by atoms with Crippen molar-refractivity contribution in [2.75, 3.05) is 11.9 Å². The molecular weight excluding hydrogens is 349 g/mol. The molecule has 3 aromatic rings. The summed E-state index contributed by atoms with van der Waals surface area (Å²) in [5.74, 6) is 0. The van der Waals surface area contributed by atoms with Crippen LogP contribution in [0.3, 0.4) is 0 Å². The van der Waals surface area contributed by atoms with Gasteiger partial charge >= 0.3 is 5.69 Å². The van der Waals surface area contributed by atoms with Gasteiger partial charge in [-0.25, -0.2) is 14.3 Å². The molecule has 0 amide bonds. The Kier molecular flexibility index (Phi) is 6.23. The van der Waals surface area contributed by atoms with E-state index in [4.69, 9.17) is 11.6 Å². The number of nitrogens with one attached hydrogen (secondary N) is 2. The number of rotatable bonds is 6. The SMILES string of the molecule is CCc1cc(CCCNc2cc(Cl)cn3c(=O)[nH]nc23)ccn1.Cl. The lowest BCUT2D eigenvalue weighted by Crippen LogP contribution is -2.10. The zero-order valence-electron chi connectivity index (χ0n) is 13.3. The zero-order valence-corrected chi connectivity index (χ0v) is 14.8. The highest BCUT2D eigenvalue weighted by molar-refractivity contribution is 6.30. The summed E-state index contributed by atoms with van der Waals surface area (Å²) in [5.41, 5.74) is 3.40. The normalized spacial score (nSPS) is 10.6. The standard InChI is InChI=1S/C16H18ClN5O.ClH/c1-2-13-8-11(5-7-18-13)4-3-6-19-14-9-12(17)10-22-15(14)20-21-16(22)23;/h5,7-10,19H,2-4,6H2,1H3,(H,21,23);1H. The molecule has 0 unspecified atom stereocenters. The highest BCUT2D eigenvalue weighted by Crippen LogP contribution is 2.19. The molecule has 3 rings (SSSR count). The summed E-state index contributed by atoms with van der Waals surface area (Å²) < 4.78 is 1.40. The number of H-pyrrole nitrogens is 1. The first-order valence-electron chi connectivity index (χ1n) is 7.61. The van der Waals surface area contributed by atoms with Crippen LogP contribution >= 0.6 is 24.0 Å². The minimum atomic E-state index is -0.297. The Balaban J connectivity index is 0.00000208.